The Kier molecular flexibility index (Phi) is 13.0. The van der Waals surface area contributed by atoms with Gasteiger partial charge in [0, 0.05) is 37.6 Å². The van der Waals surface area contributed by atoms with Crippen LogP contribution in [0, 0.1) is 0 Å². The summed E-state index contributed by atoms with van der Waals surface area (Å²) in [5.41, 5.74) is 0.784. The average molecular weight is 576 g/mol. The van der Waals surface area contributed by atoms with Gasteiger partial charge in [0.25, 0.3) is 0 Å². The molecule has 2 amide bonds. The summed E-state index contributed by atoms with van der Waals surface area (Å²) >= 11 is 0. The van der Waals surface area contributed by atoms with Crippen molar-refractivity contribution in [2.45, 2.75) is 0 Å². The summed E-state index contributed by atoms with van der Waals surface area (Å²) < 4.78 is 0. The van der Waals surface area contributed by atoms with Crippen LogP contribution in [0.15, 0.2) is 48.5 Å². The van der Waals surface area contributed by atoms with Gasteiger partial charge in [-0.3, -0.25) is 38.7 Å². The summed E-state index contributed by atoms with van der Waals surface area (Å²) in [5, 5.41) is 51.8. The lowest BCUT2D eigenvalue weighted by atomic mass is 10.3. The van der Waals surface area contributed by atoms with Gasteiger partial charge in [-0.05, 0) is 48.5 Å². The number of hydrogen-bond acceptors (Lipinski definition) is 10. The van der Waals surface area contributed by atoms with Gasteiger partial charge in [0.1, 0.15) is 11.5 Å². The Morgan fingerprint density at radius 2 is 0.780 bits per heavy atom. The first-order valence-corrected chi connectivity index (χ1v) is 12.4. The predicted molar refractivity (Wildman–Crippen MR) is 146 cm³/mol. The van der Waals surface area contributed by atoms with E-state index < -0.39 is 49.4 Å². The van der Waals surface area contributed by atoms with Crippen LogP contribution in [0.3, 0.4) is 0 Å². The number of carbonyl (C=O) groups excluding carboxylic acids is 2. The monoisotopic (exact) mass is 575 g/mol. The number of nitrogens with zero attached hydrogens (tertiary/aromatic N) is 3. The van der Waals surface area contributed by atoms with E-state index in [0.29, 0.717) is 11.4 Å². The highest BCUT2D eigenvalue weighted by atomic mass is 16.4. The molecule has 0 fully saturated rings. The molecule has 0 aliphatic heterocycles. The average Bonchev–Trinajstić information content (AvgIpc) is 2.87. The maximum absolute atomic E-state index is 12.5. The molecular weight excluding hydrogens is 542 g/mol. The molecular formula is C26H33N5O10. The van der Waals surface area contributed by atoms with Gasteiger partial charge in [-0.25, -0.2) is 0 Å². The molecule has 0 heterocycles. The molecule has 0 aliphatic carbocycles. The van der Waals surface area contributed by atoms with E-state index in [1.165, 1.54) is 63.2 Å². The minimum absolute atomic E-state index is 0.00282. The SMILES string of the molecule is O=C(O)CN(CCN(CC(=O)O)CC(=O)Nc1ccc(O)cc1)CCN(CC(=O)O)CC(=O)Nc1ccc(O)cc1. The van der Waals surface area contributed by atoms with Gasteiger partial charge < -0.3 is 36.2 Å². The number of phenols is 2. The van der Waals surface area contributed by atoms with Gasteiger partial charge in [-0.2, -0.15) is 0 Å². The van der Waals surface area contributed by atoms with E-state index in [4.69, 9.17) is 0 Å². The number of carboxylic acids is 3. The molecule has 0 saturated carbocycles. The fourth-order valence-electron chi connectivity index (χ4n) is 3.73. The first kappa shape index (κ1) is 32.5. The Morgan fingerprint density at radius 3 is 1.10 bits per heavy atom. The zero-order valence-electron chi connectivity index (χ0n) is 22.1. The quantitative estimate of drug-likeness (QED) is 0.115. The van der Waals surface area contributed by atoms with E-state index in [1.807, 2.05) is 0 Å². The molecule has 0 atom stereocenters. The lowest BCUT2D eigenvalue weighted by Gasteiger charge is -2.28. The van der Waals surface area contributed by atoms with Gasteiger partial charge in [0.05, 0.1) is 32.7 Å². The molecule has 7 N–H and O–H groups in total. The summed E-state index contributed by atoms with van der Waals surface area (Å²) in [5.74, 6) is -4.58. The van der Waals surface area contributed by atoms with Crippen LogP contribution in [-0.2, 0) is 24.0 Å². The Hall–Kier alpha value is -4.73. The van der Waals surface area contributed by atoms with Crippen molar-refractivity contribution in [3.05, 3.63) is 48.5 Å². The zero-order chi connectivity index (χ0) is 30.4. The number of carbonyl (C=O) groups is 5. The number of aliphatic carboxylic acids is 3. The summed E-state index contributed by atoms with van der Waals surface area (Å²) in [4.78, 5) is 63.1. The van der Waals surface area contributed by atoms with Crippen LogP contribution in [0.25, 0.3) is 0 Å². The number of phenolic OH excluding ortho intramolecular Hbond substituents is 2. The number of anilines is 2. The largest absolute Gasteiger partial charge is 0.508 e. The highest BCUT2D eigenvalue weighted by Gasteiger charge is 2.20. The molecule has 15 nitrogen and oxygen atoms in total. The topological polar surface area (TPSA) is 220 Å². The van der Waals surface area contributed by atoms with Crippen molar-refractivity contribution in [1.29, 1.82) is 0 Å². The van der Waals surface area contributed by atoms with Crippen molar-refractivity contribution in [2.24, 2.45) is 0 Å². The molecule has 0 radical (unpaired) electrons. The molecule has 0 unspecified atom stereocenters. The molecule has 0 spiro atoms. The van der Waals surface area contributed by atoms with Crippen molar-refractivity contribution < 1.29 is 49.5 Å². The maximum atomic E-state index is 12.5. The van der Waals surface area contributed by atoms with E-state index in [9.17, 15) is 49.5 Å². The molecule has 222 valence electrons. The predicted octanol–water partition coefficient (Wildman–Crippen LogP) is -0.165. The normalized spacial score (nSPS) is 11.0. The van der Waals surface area contributed by atoms with Crippen molar-refractivity contribution >= 4 is 41.1 Å². The molecule has 0 bridgehead atoms. The van der Waals surface area contributed by atoms with Gasteiger partial charge in [0.15, 0.2) is 0 Å². The van der Waals surface area contributed by atoms with E-state index in [2.05, 4.69) is 10.6 Å². The Morgan fingerprint density at radius 1 is 0.488 bits per heavy atom. The first-order valence-electron chi connectivity index (χ1n) is 12.4. The molecule has 2 aromatic carbocycles. The van der Waals surface area contributed by atoms with Gasteiger partial charge in [-0.15, -0.1) is 0 Å². The molecule has 0 saturated heterocycles. The summed E-state index contributed by atoms with van der Waals surface area (Å²) in [6.45, 7) is -1.97. The molecule has 15 heteroatoms. The molecule has 41 heavy (non-hydrogen) atoms. The summed E-state index contributed by atoms with van der Waals surface area (Å²) in [6, 6.07) is 11.4. The van der Waals surface area contributed by atoms with Crippen LogP contribution in [-0.4, -0.2) is 129 Å². The highest BCUT2D eigenvalue weighted by molar-refractivity contribution is 5.93. The van der Waals surface area contributed by atoms with E-state index in [0.717, 1.165) is 0 Å². The van der Waals surface area contributed by atoms with Crippen LogP contribution in [0.4, 0.5) is 11.4 Å². The van der Waals surface area contributed by atoms with Crippen molar-refractivity contribution in [1.82, 2.24) is 14.7 Å². The third-order valence-corrected chi connectivity index (χ3v) is 5.58. The van der Waals surface area contributed by atoms with E-state index in [1.54, 1.807) is 0 Å². The molecule has 2 rings (SSSR count). The lowest BCUT2D eigenvalue weighted by molar-refractivity contribution is -0.140. The fraction of sp³-hybridized carbons (Fsp3) is 0.346. The van der Waals surface area contributed by atoms with Gasteiger partial charge >= 0.3 is 17.9 Å². The number of hydrogen-bond donors (Lipinski definition) is 7. The number of nitrogens with one attached hydrogen (secondary N) is 2. The van der Waals surface area contributed by atoms with Crippen molar-refractivity contribution in [3.8, 4) is 11.5 Å². The fourth-order valence-corrected chi connectivity index (χ4v) is 3.73. The van der Waals surface area contributed by atoms with Crippen LogP contribution >= 0.6 is 0 Å². The molecule has 0 aromatic heterocycles. The van der Waals surface area contributed by atoms with Crippen LogP contribution in [0.2, 0.25) is 0 Å². The second-order valence-corrected chi connectivity index (χ2v) is 9.07. The van der Waals surface area contributed by atoms with Gasteiger partial charge in [0.2, 0.25) is 11.8 Å². The van der Waals surface area contributed by atoms with E-state index in [-0.39, 0.29) is 50.8 Å². The number of amides is 2. The van der Waals surface area contributed by atoms with Crippen LogP contribution in [0.1, 0.15) is 0 Å². The summed E-state index contributed by atoms with van der Waals surface area (Å²) in [7, 11) is 0. The number of carboxylic acid groups (broad SMARTS) is 3. The molecule has 2 aromatic rings. The highest BCUT2D eigenvalue weighted by Crippen LogP contribution is 2.14. The van der Waals surface area contributed by atoms with Crippen LogP contribution in [0.5, 0.6) is 11.5 Å². The Balaban J connectivity index is 1.98. The second-order valence-electron chi connectivity index (χ2n) is 9.07. The van der Waals surface area contributed by atoms with E-state index >= 15 is 0 Å². The van der Waals surface area contributed by atoms with Crippen LogP contribution < -0.4 is 10.6 Å². The lowest BCUT2D eigenvalue weighted by Crippen LogP contribution is -2.46. The zero-order valence-corrected chi connectivity index (χ0v) is 22.1. The summed E-state index contributed by atoms with van der Waals surface area (Å²) in [6.07, 6.45) is 0. The maximum Gasteiger partial charge on any atom is 0.317 e. The standard InChI is InChI=1S/C26H33N5O10/c32-20-5-1-18(2-6-20)27-22(34)13-30(16-25(38)39)11-9-29(15-24(36)37)10-12-31(17-26(40)41)14-23(35)28-19-3-7-21(33)8-4-19/h1-8,32-33H,9-17H2,(H,27,34)(H,28,35)(H,36,37)(H,38,39)(H,40,41). The minimum Gasteiger partial charge on any atom is -0.508 e. The third kappa shape index (κ3) is 13.8. The van der Waals surface area contributed by atoms with Gasteiger partial charge in [-0.1, -0.05) is 0 Å². The Bertz CT molecular complexity index is 1100. The number of benzene rings is 2. The smallest absolute Gasteiger partial charge is 0.317 e. The van der Waals surface area contributed by atoms with Crippen molar-refractivity contribution in [3.63, 3.8) is 0 Å². The van der Waals surface area contributed by atoms with Crippen molar-refractivity contribution in [2.75, 3.05) is 69.5 Å². The minimum atomic E-state index is -1.19. The number of rotatable bonds is 18. The number of aromatic hydroxyl groups is 2. The Labute approximate surface area is 235 Å². The first-order chi connectivity index (χ1) is 19.4. The second kappa shape index (κ2) is 16.4. The molecule has 0 aliphatic rings. The third-order valence-electron chi connectivity index (χ3n) is 5.58.